The highest BCUT2D eigenvalue weighted by Crippen LogP contribution is 2.17. The Morgan fingerprint density at radius 3 is 3.00 bits per heavy atom. The van der Waals surface area contributed by atoms with Crippen LogP contribution >= 0.6 is 0 Å². The van der Waals surface area contributed by atoms with Gasteiger partial charge < -0.3 is 5.32 Å². The quantitative estimate of drug-likeness (QED) is 0.772. The first-order chi connectivity index (χ1) is 7.83. The first-order valence-electron chi connectivity index (χ1n) is 5.42. The zero-order chi connectivity index (χ0) is 11.0. The second-order valence-electron chi connectivity index (χ2n) is 4.04. The minimum absolute atomic E-state index is 0.467. The molecule has 0 fully saturated rings. The van der Waals surface area contributed by atoms with Crippen LogP contribution in [0.1, 0.15) is 18.5 Å². The molecule has 82 valence electrons. The van der Waals surface area contributed by atoms with Gasteiger partial charge in [0.1, 0.15) is 12.1 Å². The van der Waals surface area contributed by atoms with Gasteiger partial charge in [0, 0.05) is 17.8 Å². The molecule has 1 aliphatic rings. The van der Waals surface area contributed by atoms with E-state index in [1.54, 1.807) is 4.52 Å². The van der Waals surface area contributed by atoms with Gasteiger partial charge in [-0.3, -0.25) is 0 Å². The van der Waals surface area contributed by atoms with E-state index in [2.05, 4.69) is 32.5 Å². The summed E-state index contributed by atoms with van der Waals surface area (Å²) in [6, 6.07) is 2.47. The molecule has 1 aliphatic carbocycles. The predicted molar refractivity (Wildman–Crippen MR) is 61.3 cm³/mol. The normalized spacial score (nSPS) is 16.1. The molecule has 0 aromatic carbocycles. The van der Waals surface area contributed by atoms with Crippen molar-refractivity contribution in [2.24, 2.45) is 0 Å². The van der Waals surface area contributed by atoms with Gasteiger partial charge in [0.2, 0.25) is 0 Å². The molecule has 0 bridgehead atoms. The minimum atomic E-state index is 0.467. The van der Waals surface area contributed by atoms with Crippen LogP contribution in [0.5, 0.6) is 0 Å². The number of fused-ring (bicyclic) bond motifs is 1. The second-order valence-corrected chi connectivity index (χ2v) is 4.04. The molecule has 3 rings (SSSR count). The summed E-state index contributed by atoms with van der Waals surface area (Å²) in [4.78, 5) is 8.40. The summed E-state index contributed by atoms with van der Waals surface area (Å²) in [6.45, 7) is 1.97. The SMILES string of the molecule is Cc1cc(NC2CC=CC2)n2ncnc2n1. The van der Waals surface area contributed by atoms with Crippen LogP contribution in [0.4, 0.5) is 5.82 Å². The molecule has 5 nitrogen and oxygen atoms in total. The fourth-order valence-electron chi connectivity index (χ4n) is 1.98. The average molecular weight is 215 g/mol. The molecule has 0 saturated carbocycles. The summed E-state index contributed by atoms with van der Waals surface area (Å²) in [7, 11) is 0. The van der Waals surface area contributed by atoms with E-state index in [1.165, 1.54) is 6.33 Å². The molecule has 0 amide bonds. The van der Waals surface area contributed by atoms with Crippen molar-refractivity contribution >= 4 is 11.6 Å². The molecule has 1 N–H and O–H groups in total. The third-order valence-electron chi connectivity index (χ3n) is 2.74. The summed E-state index contributed by atoms with van der Waals surface area (Å²) in [6.07, 6.45) is 8.06. The van der Waals surface area contributed by atoms with Crippen molar-refractivity contribution < 1.29 is 0 Å². The fraction of sp³-hybridized carbons (Fsp3) is 0.364. The molecule has 16 heavy (non-hydrogen) atoms. The van der Waals surface area contributed by atoms with Crippen LogP contribution in [-0.4, -0.2) is 25.6 Å². The van der Waals surface area contributed by atoms with E-state index in [-0.39, 0.29) is 0 Å². The lowest BCUT2D eigenvalue weighted by atomic mass is 10.2. The molecule has 2 aromatic heterocycles. The summed E-state index contributed by atoms with van der Waals surface area (Å²) in [5.41, 5.74) is 0.953. The van der Waals surface area contributed by atoms with Gasteiger partial charge in [0.25, 0.3) is 5.78 Å². The lowest BCUT2D eigenvalue weighted by Crippen LogP contribution is -2.18. The predicted octanol–water partition coefficient (Wildman–Crippen LogP) is 1.56. The smallest absolute Gasteiger partial charge is 0.254 e. The Bertz CT molecular complexity index is 534. The van der Waals surface area contributed by atoms with Crippen LogP contribution in [0, 0.1) is 6.92 Å². The zero-order valence-corrected chi connectivity index (χ0v) is 9.09. The van der Waals surface area contributed by atoms with Crippen LogP contribution in [0.15, 0.2) is 24.5 Å². The molecule has 2 aromatic rings. The van der Waals surface area contributed by atoms with Gasteiger partial charge in [-0.25, -0.2) is 4.98 Å². The summed E-state index contributed by atoms with van der Waals surface area (Å²) in [5.74, 6) is 1.61. The number of anilines is 1. The van der Waals surface area contributed by atoms with Gasteiger partial charge in [-0.05, 0) is 19.8 Å². The van der Waals surface area contributed by atoms with Crippen molar-refractivity contribution in [2.45, 2.75) is 25.8 Å². The third-order valence-corrected chi connectivity index (χ3v) is 2.74. The largest absolute Gasteiger partial charge is 0.366 e. The molecule has 0 unspecified atom stereocenters. The number of nitrogens with one attached hydrogen (secondary N) is 1. The molecule has 2 heterocycles. The number of hydrogen-bond acceptors (Lipinski definition) is 4. The summed E-state index contributed by atoms with van der Waals surface area (Å²) >= 11 is 0. The maximum atomic E-state index is 4.30. The molecule has 0 saturated heterocycles. The van der Waals surface area contributed by atoms with E-state index >= 15 is 0 Å². The van der Waals surface area contributed by atoms with Crippen molar-refractivity contribution in [2.75, 3.05) is 5.32 Å². The van der Waals surface area contributed by atoms with Crippen molar-refractivity contribution in [3.63, 3.8) is 0 Å². The van der Waals surface area contributed by atoms with Gasteiger partial charge in [0.05, 0.1) is 0 Å². The van der Waals surface area contributed by atoms with Gasteiger partial charge in [0.15, 0.2) is 0 Å². The van der Waals surface area contributed by atoms with Gasteiger partial charge in [-0.15, -0.1) is 0 Å². The Balaban J connectivity index is 1.97. The van der Waals surface area contributed by atoms with Gasteiger partial charge in [-0.2, -0.15) is 14.6 Å². The number of hydrogen-bond donors (Lipinski definition) is 1. The zero-order valence-electron chi connectivity index (χ0n) is 9.09. The number of aryl methyl sites for hydroxylation is 1. The molecule has 0 aliphatic heterocycles. The second kappa shape index (κ2) is 3.59. The lowest BCUT2D eigenvalue weighted by molar-refractivity contribution is 0.766. The number of rotatable bonds is 2. The fourth-order valence-corrected chi connectivity index (χ4v) is 1.98. The van der Waals surface area contributed by atoms with Crippen LogP contribution in [0.2, 0.25) is 0 Å². The van der Waals surface area contributed by atoms with Crippen LogP contribution in [-0.2, 0) is 0 Å². The lowest BCUT2D eigenvalue weighted by Gasteiger charge is -2.14. The number of nitrogens with zero attached hydrogens (tertiary/aromatic N) is 4. The van der Waals surface area contributed by atoms with E-state index in [9.17, 15) is 0 Å². The minimum Gasteiger partial charge on any atom is -0.366 e. The molecule has 5 heteroatoms. The summed E-state index contributed by atoms with van der Waals surface area (Å²) in [5, 5.41) is 7.63. The number of aromatic nitrogens is 4. The Morgan fingerprint density at radius 1 is 1.38 bits per heavy atom. The Morgan fingerprint density at radius 2 is 2.19 bits per heavy atom. The van der Waals surface area contributed by atoms with Gasteiger partial charge >= 0.3 is 0 Å². The van der Waals surface area contributed by atoms with Crippen LogP contribution in [0.3, 0.4) is 0 Å². The van der Waals surface area contributed by atoms with Crippen molar-refractivity contribution in [1.82, 2.24) is 19.6 Å². The molecular weight excluding hydrogens is 202 g/mol. The maximum absolute atomic E-state index is 4.30. The van der Waals surface area contributed by atoms with Gasteiger partial charge in [-0.1, -0.05) is 12.2 Å². The molecule has 0 atom stereocenters. The Hall–Kier alpha value is -1.91. The van der Waals surface area contributed by atoms with Crippen molar-refractivity contribution in [3.05, 3.63) is 30.2 Å². The monoisotopic (exact) mass is 215 g/mol. The van der Waals surface area contributed by atoms with Crippen LogP contribution in [0.25, 0.3) is 5.78 Å². The highest BCUT2D eigenvalue weighted by Gasteiger charge is 2.12. The Labute approximate surface area is 93.2 Å². The van der Waals surface area contributed by atoms with E-state index in [4.69, 9.17) is 0 Å². The molecule has 0 spiro atoms. The highest BCUT2D eigenvalue weighted by molar-refractivity contribution is 5.45. The van der Waals surface area contributed by atoms with Crippen LogP contribution < -0.4 is 5.32 Å². The van der Waals surface area contributed by atoms with E-state index < -0.39 is 0 Å². The molecular formula is C11H13N5. The Kier molecular flexibility index (Phi) is 2.09. The van der Waals surface area contributed by atoms with E-state index in [0.717, 1.165) is 24.4 Å². The van der Waals surface area contributed by atoms with Crippen molar-refractivity contribution in [3.8, 4) is 0 Å². The first-order valence-corrected chi connectivity index (χ1v) is 5.42. The van der Waals surface area contributed by atoms with E-state index in [1.807, 2.05) is 13.0 Å². The summed E-state index contributed by atoms with van der Waals surface area (Å²) < 4.78 is 1.74. The first kappa shape index (κ1) is 9.33. The highest BCUT2D eigenvalue weighted by atomic mass is 15.4. The molecule has 0 radical (unpaired) electrons. The topological polar surface area (TPSA) is 55.1 Å². The van der Waals surface area contributed by atoms with E-state index in [0.29, 0.717) is 11.8 Å². The maximum Gasteiger partial charge on any atom is 0.254 e. The van der Waals surface area contributed by atoms with Crippen molar-refractivity contribution in [1.29, 1.82) is 0 Å². The average Bonchev–Trinajstić information content (AvgIpc) is 2.87. The third kappa shape index (κ3) is 1.54. The standard InChI is InChI=1S/C11H13N5/c1-8-6-10(15-9-4-2-3-5-9)16-11(14-8)12-7-13-16/h2-3,6-7,9,15H,4-5H2,1H3.